The Morgan fingerprint density at radius 1 is 1.27 bits per heavy atom. The smallest absolute Gasteiger partial charge is 0.225 e. The second-order valence-electron chi connectivity index (χ2n) is 6.31. The minimum absolute atomic E-state index is 0.172. The molecule has 1 aliphatic heterocycles. The Labute approximate surface area is 133 Å². The summed E-state index contributed by atoms with van der Waals surface area (Å²) in [5.41, 5.74) is 1.30. The largest absolute Gasteiger partial charge is 0.493 e. The van der Waals surface area contributed by atoms with Crippen molar-refractivity contribution in [1.29, 1.82) is 0 Å². The summed E-state index contributed by atoms with van der Waals surface area (Å²) in [5.74, 6) is 1.53. The molecule has 0 spiro atoms. The van der Waals surface area contributed by atoms with Crippen LogP contribution in [-0.2, 0) is 4.79 Å². The molecule has 1 saturated heterocycles. The van der Waals surface area contributed by atoms with E-state index in [4.69, 9.17) is 4.74 Å². The predicted octanol–water partition coefficient (Wildman–Crippen LogP) is 2.79. The summed E-state index contributed by atoms with van der Waals surface area (Å²) < 4.78 is 5.69. The first-order chi connectivity index (χ1) is 10.6. The van der Waals surface area contributed by atoms with Crippen molar-refractivity contribution in [3.05, 3.63) is 29.8 Å². The standard InChI is InChI=1S/C18H28N2O2/c1-14(2)15-4-6-17(7-5-15)22-13-10-18(21)20(3)16-8-11-19-12-9-16/h4-7,14,16,19H,8-13H2,1-3H3. The first-order valence-electron chi connectivity index (χ1n) is 8.27. The average molecular weight is 304 g/mol. The van der Waals surface area contributed by atoms with Crippen LogP contribution in [0.1, 0.15) is 44.6 Å². The highest BCUT2D eigenvalue weighted by molar-refractivity contribution is 5.76. The number of benzene rings is 1. The zero-order valence-corrected chi connectivity index (χ0v) is 14.0. The molecule has 1 N–H and O–H groups in total. The van der Waals surface area contributed by atoms with Crippen molar-refractivity contribution >= 4 is 5.91 Å². The molecule has 0 radical (unpaired) electrons. The quantitative estimate of drug-likeness (QED) is 0.878. The van der Waals surface area contributed by atoms with Crippen molar-refractivity contribution < 1.29 is 9.53 Å². The Balaban J connectivity index is 1.74. The zero-order valence-electron chi connectivity index (χ0n) is 14.0. The third kappa shape index (κ3) is 4.73. The van der Waals surface area contributed by atoms with Crippen molar-refractivity contribution in [2.45, 2.75) is 45.1 Å². The Morgan fingerprint density at radius 2 is 1.91 bits per heavy atom. The Morgan fingerprint density at radius 3 is 2.50 bits per heavy atom. The molecule has 4 heteroatoms. The zero-order chi connectivity index (χ0) is 15.9. The number of hydrogen-bond acceptors (Lipinski definition) is 3. The van der Waals surface area contributed by atoms with E-state index in [1.165, 1.54) is 5.56 Å². The number of nitrogens with one attached hydrogen (secondary N) is 1. The fourth-order valence-electron chi connectivity index (χ4n) is 2.78. The van der Waals surface area contributed by atoms with Gasteiger partial charge in [0.05, 0.1) is 13.0 Å². The fraction of sp³-hybridized carbons (Fsp3) is 0.611. The number of carbonyl (C=O) groups excluding carboxylic acids is 1. The van der Waals surface area contributed by atoms with E-state index in [-0.39, 0.29) is 5.91 Å². The average Bonchev–Trinajstić information content (AvgIpc) is 2.55. The molecule has 0 aromatic heterocycles. The number of nitrogens with zero attached hydrogens (tertiary/aromatic N) is 1. The second-order valence-corrected chi connectivity index (χ2v) is 6.31. The third-order valence-electron chi connectivity index (χ3n) is 4.38. The lowest BCUT2D eigenvalue weighted by Gasteiger charge is -2.31. The molecule has 1 fully saturated rings. The van der Waals surface area contributed by atoms with E-state index in [1.54, 1.807) is 0 Å². The van der Waals surface area contributed by atoms with Crippen molar-refractivity contribution in [3.8, 4) is 5.75 Å². The lowest BCUT2D eigenvalue weighted by atomic mass is 10.0. The van der Waals surface area contributed by atoms with Crippen LogP contribution < -0.4 is 10.1 Å². The predicted molar refractivity (Wildman–Crippen MR) is 89.3 cm³/mol. The van der Waals surface area contributed by atoms with Gasteiger partial charge in [0.1, 0.15) is 5.75 Å². The van der Waals surface area contributed by atoms with E-state index in [0.29, 0.717) is 25.0 Å². The fourth-order valence-corrected chi connectivity index (χ4v) is 2.78. The van der Waals surface area contributed by atoms with Crippen molar-refractivity contribution in [2.75, 3.05) is 26.7 Å². The van der Waals surface area contributed by atoms with Gasteiger partial charge in [-0.15, -0.1) is 0 Å². The van der Waals surface area contributed by atoms with E-state index in [2.05, 4.69) is 31.3 Å². The molecule has 1 amide bonds. The lowest BCUT2D eigenvalue weighted by molar-refractivity contribution is -0.132. The number of carbonyl (C=O) groups is 1. The summed E-state index contributed by atoms with van der Waals surface area (Å²) in [7, 11) is 1.91. The van der Waals surface area contributed by atoms with Crippen molar-refractivity contribution in [2.24, 2.45) is 0 Å². The number of rotatable bonds is 6. The van der Waals surface area contributed by atoms with E-state index in [9.17, 15) is 4.79 Å². The second kappa shape index (κ2) is 8.18. The van der Waals surface area contributed by atoms with Crippen LogP contribution in [0.4, 0.5) is 0 Å². The normalized spacial score (nSPS) is 15.8. The Hall–Kier alpha value is -1.55. The van der Waals surface area contributed by atoms with Crippen LogP contribution in [-0.4, -0.2) is 43.6 Å². The monoisotopic (exact) mass is 304 g/mol. The van der Waals surface area contributed by atoms with Gasteiger partial charge in [-0.25, -0.2) is 0 Å². The van der Waals surface area contributed by atoms with Crippen molar-refractivity contribution in [3.63, 3.8) is 0 Å². The minimum atomic E-state index is 0.172. The molecule has 0 bridgehead atoms. The highest BCUT2D eigenvalue weighted by atomic mass is 16.5. The van der Waals surface area contributed by atoms with Gasteiger partial charge in [0.2, 0.25) is 5.91 Å². The van der Waals surface area contributed by atoms with Gasteiger partial charge >= 0.3 is 0 Å². The summed E-state index contributed by atoms with van der Waals surface area (Å²) in [6, 6.07) is 8.51. The number of ether oxygens (including phenoxy) is 1. The van der Waals surface area contributed by atoms with Crippen molar-refractivity contribution in [1.82, 2.24) is 10.2 Å². The number of piperidine rings is 1. The summed E-state index contributed by atoms with van der Waals surface area (Å²) in [6.07, 6.45) is 2.52. The molecule has 0 saturated carbocycles. The molecule has 0 atom stereocenters. The van der Waals surface area contributed by atoms with Crippen LogP contribution in [0.3, 0.4) is 0 Å². The summed E-state index contributed by atoms with van der Waals surface area (Å²) in [5, 5.41) is 3.32. The summed E-state index contributed by atoms with van der Waals surface area (Å²) in [6.45, 7) is 6.79. The van der Waals surface area contributed by atoms with E-state index >= 15 is 0 Å². The van der Waals surface area contributed by atoms with Crippen LogP contribution >= 0.6 is 0 Å². The SMILES string of the molecule is CC(C)c1ccc(OCCC(=O)N(C)C2CCNCC2)cc1. The molecule has 1 heterocycles. The molecule has 1 aromatic rings. The molecule has 2 rings (SSSR count). The summed E-state index contributed by atoms with van der Waals surface area (Å²) in [4.78, 5) is 14.1. The topological polar surface area (TPSA) is 41.6 Å². The van der Waals surface area contributed by atoms with Crippen LogP contribution in [0.5, 0.6) is 5.75 Å². The maximum Gasteiger partial charge on any atom is 0.225 e. The molecule has 122 valence electrons. The number of hydrogen-bond donors (Lipinski definition) is 1. The van der Waals surface area contributed by atoms with Crippen LogP contribution in [0, 0.1) is 0 Å². The lowest BCUT2D eigenvalue weighted by Crippen LogP contribution is -2.44. The van der Waals surface area contributed by atoms with Gasteiger partial charge < -0.3 is 15.0 Å². The van der Waals surface area contributed by atoms with Gasteiger partial charge in [0.15, 0.2) is 0 Å². The first-order valence-corrected chi connectivity index (χ1v) is 8.27. The maximum absolute atomic E-state index is 12.2. The van der Waals surface area contributed by atoms with Gasteiger partial charge in [-0.1, -0.05) is 26.0 Å². The van der Waals surface area contributed by atoms with Gasteiger partial charge in [0, 0.05) is 13.1 Å². The molecule has 1 aliphatic rings. The molecule has 1 aromatic carbocycles. The van der Waals surface area contributed by atoms with Crippen LogP contribution in [0.15, 0.2) is 24.3 Å². The molecular formula is C18H28N2O2. The Bertz CT molecular complexity index is 464. The number of amides is 1. The van der Waals surface area contributed by atoms with E-state index in [0.717, 1.165) is 31.7 Å². The third-order valence-corrected chi connectivity index (χ3v) is 4.38. The highest BCUT2D eigenvalue weighted by Gasteiger charge is 2.21. The minimum Gasteiger partial charge on any atom is -0.493 e. The highest BCUT2D eigenvalue weighted by Crippen LogP contribution is 2.19. The van der Waals surface area contributed by atoms with E-state index in [1.807, 2.05) is 24.1 Å². The summed E-state index contributed by atoms with van der Waals surface area (Å²) >= 11 is 0. The molecule has 0 aliphatic carbocycles. The maximum atomic E-state index is 12.2. The molecule has 0 unspecified atom stereocenters. The van der Waals surface area contributed by atoms with Gasteiger partial charge in [-0.2, -0.15) is 0 Å². The van der Waals surface area contributed by atoms with Gasteiger partial charge in [-0.05, 0) is 49.5 Å². The Kier molecular flexibility index (Phi) is 6.25. The van der Waals surface area contributed by atoms with E-state index < -0.39 is 0 Å². The first kappa shape index (κ1) is 16.8. The van der Waals surface area contributed by atoms with Crippen LogP contribution in [0.25, 0.3) is 0 Å². The van der Waals surface area contributed by atoms with Gasteiger partial charge in [-0.3, -0.25) is 4.79 Å². The molecule has 22 heavy (non-hydrogen) atoms. The molecule has 4 nitrogen and oxygen atoms in total. The van der Waals surface area contributed by atoms with Gasteiger partial charge in [0.25, 0.3) is 0 Å². The van der Waals surface area contributed by atoms with Crippen LogP contribution in [0.2, 0.25) is 0 Å². The molecular weight excluding hydrogens is 276 g/mol.